The van der Waals surface area contributed by atoms with Crippen molar-refractivity contribution in [2.75, 3.05) is 18.0 Å². The molecule has 0 saturated carbocycles. The van der Waals surface area contributed by atoms with Crippen molar-refractivity contribution in [2.45, 2.75) is 13.3 Å². The van der Waals surface area contributed by atoms with Gasteiger partial charge in [0.25, 0.3) is 11.6 Å². The van der Waals surface area contributed by atoms with E-state index >= 15 is 0 Å². The molecule has 20 heavy (non-hydrogen) atoms. The Hall–Kier alpha value is -2.64. The van der Waals surface area contributed by atoms with Gasteiger partial charge in [-0.05, 0) is 13.0 Å². The van der Waals surface area contributed by atoms with E-state index in [1.165, 1.54) is 12.1 Å². The first-order valence-electron chi connectivity index (χ1n) is 5.91. The van der Waals surface area contributed by atoms with E-state index in [2.05, 4.69) is 0 Å². The smallest absolute Gasteiger partial charge is 0.305 e. The first-order chi connectivity index (χ1) is 9.36. The second-order valence-corrected chi connectivity index (χ2v) is 4.05. The molecule has 0 saturated heterocycles. The van der Waals surface area contributed by atoms with Gasteiger partial charge >= 0.3 is 5.97 Å². The Labute approximate surface area is 114 Å². The van der Waals surface area contributed by atoms with Crippen molar-refractivity contribution < 1.29 is 19.6 Å². The van der Waals surface area contributed by atoms with Crippen LogP contribution in [0, 0.1) is 10.1 Å². The highest BCUT2D eigenvalue weighted by atomic mass is 16.6. The molecule has 3 N–H and O–H groups in total. The van der Waals surface area contributed by atoms with Crippen molar-refractivity contribution in [3.05, 3.63) is 33.9 Å². The predicted molar refractivity (Wildman–Crippen MR) is 71.8 cm³/mol. The maximum Gasteiger partial charge on any atom is 0.305 e. The highest BCUT2D eigenvalue weighted by Gasteiger charge is 2.18. The number of non-ortho nitro benzene ring substituents is 1. The molecular weight excluding hydrogens is 266 g/mol. The fraction of sp³-hybridized carbons (Fsp3) is 0.333. The average molecular weight is 281 g/mol. The van der Waals surface area contributed by atoms with Gasteiger partial charge in [-0.2, -0.15) is 0 Å². The lowest BCUT2D eigenvalue weighted by Gasteiger charge is -2.24. The number of nitro groups is 1. The summed E-state index contributed by atoms with van der Waals surface area (Å²) in [7, 11) is 0. The summed E-state index contributed by atoms with van der Waals surface area (Å²) in [4.78, 5) is 33.7. The van der Waals surface area contributed by atoms with Gasteiger partial charge in [-0.15, -0.1) is 0 Å². The zero-order valence-electron chi connectivity index (χ0n) is 10.9. The van der Waals surface area contributed by atoms with Crippen molar-refractivity contribution in [2.24, 2.45) is 5.73 Å². The van der Waals surface area contributed by atoms with E-state index in [9.17, 15) is 19.7 Å². The highest BCUT2D eigenvalue weighted by Crippen LogP contribution is 2.25. The van der Waals surface area contributed by atoms with Crippen LogP contribution in [0.3, 0.4) is 0 Å². The Bertz CT molecular complexity index is 544. The molecule has 0 aliphatic heterocycles. The molecule has 0 aliphatic rings. The summed E-state index contributed by atoms with van der Waals surface area (Å²) in [6.07, 6.45) is -0.108. The number of carboxylic acids is 1. The molecule has 8 nitrogen and oxygen atoms in total. The zero-order valence-corrected chi connectivity index (χ0v) is 10.9. The van der Waals surface area contributed by atoms with E-state index in [0.717, 1.165) is 6.07 Å². The Kier molecular flexibility index (Phi) is 5.01. The van der Waals surface area contributed by atoms with Crippen LogP contribution < -0.4 is 10.6 Å². The summed E-state index contributed by atoms with van der Waals surface area (Å²) in [5.41, 5.74) is 5.39. The monoisotopic (exact) mass is 281 g/mol. The molecule has 0 heterocycles. The second-order valence-electron chi connectivity index (χ2n) is 4.05. The number of hydrogen-bond donors (Lipinski definition) is 2. The van der Waals surface area contributed by atoms with Crippen LogP contribution in [0.1, 0.15) is 23.7 Å². The number of carboxylic acid groups (broad SMARTS) is 1. The number of anilines is 1. The SMILES string of the molecule is CCN(CCC(=O)O)c1ccc([N+](=O)[O-])cc1C(N)=O. The summed E-state index contributed by atoms with van der Waals surface area (Å²) in [5.74, 6) is -1.76. The van der Waals surface area contributed by atoms with E-state index in [0.29, 0.717) is 12.2 Å². The van der Waals surface area contributed by atoms with Crippen LogP contribution >= 0.6 is 0 Å². The first kappa shape index (κ1) is 15.4. The zero-order chi connectivity index (χ0) is 15.3. The van der Waals surface area contributed by atoms with Gasteiger partial charge in [0.2, 0.25) is 0 Å². The molecule has 0 aromatic heterocycles. The van der Waals surface area contributed by atoms with Crippen LogP contribution in [-0.4, -0.2) is 35.0 Å². The van der Waals surface area contributed by atoms with Gasteiger partial charge in [0, 0.05) is 25.2 Å². The molecule has 0 unspecified atom stereocenters. The lowest BCUT2D eigenvalue weighted by atomic mass is 10.1. The largest absolute Gasteiger partial charge is 0.481 e. The molecule has 108 valence electrons. The minimum atomic E-state index is -0.967. The van der Waals surface area contributed by atoms with Gasteiger partial charge in [0.05, 0.1) is 22.6 Å². The summed E-state index contributed by atoms with van der Waals surface area (Å²) in [6.45, 7) is 2.42. The number of rotatable bonds is 7. The number of nitrogens with two attached hydrogens (primary N) is 1. The average Bonchev–Trinajstić information content (AvgIpc) is 2.38. The fourth-order valence-electron chi connectivity index (χ4n) is 1.79. The second kappa shape index (κ2) is 6.50. The Balaban J connectivity index is 3.17. The quantitative estimate of drug-likeness (QED) is 0.567. The van der Waals surface area contributed by atoms with Gasteiger partial charge in [-0.3, -0.25) is 19.7 Å². The van der Waals surface area contributed by atoms with Gasteiger partial charge in [-0.25, -0.2) is 0 Å². The van der Waals surface area contributed by atoms with Crippen molar-refractivity contribution in [1.29, 1.82) is 0 Å². The highest BCUT2D eigenvalue weighted by molar-refractivity contribution is 5.99. The molecule has 0 atom stereocenters. The Morgan fingerprint density at radius 2 is 2.10 bits per heavy atom. The predicted octanol–water partition coefficient (Wildman–Crippen LogP) is 0.995. The molecule has 0 aliphatic carbocycles. The Morgan fingerprint density at radius 1 is 1.45 bits per heavy atom. The van der Waals surface area contributed by atoms with Crippen LogP contribution in [0.2, 0.25) is 0 Å². The topological polar surface area (TPSA) is 127 Å². The normalized spacial score (nSPS) is 10.1. The standard InChI is InChI=1S/C12H15N3O5/c1-2-14(6-5-11(16)17)10-4-3-8(15(19)20)7-9(10)12(13)18/h3-4,7H,2,5-6H2,1H3,(H2,13,18)(H,16,17). The third-order valence-electron chi connectivity index (χ3n) is 2.77. The third kappa shape index (κ3) is 3.67. The number of nitrogens with zero attached hydrogens (tertiary/aromatic N) is 2. The number of carbonyl (C=O) groups is 2. The van der Waals surface area contributed by atoms with E-state index in [1.54, 1.807) is 11.8 Å². The molecular formula is C12H15N3O5. The summed E-state index contributed by atoms with van der Waals surface area (Å²) in [6, 6.07) is 3.76. The van der Waals surface area contributed by atoms with Crippen LogP contribution in [0.4, 0.5) is 11.4 Å². The number of nitro benzene ring substituents is 1. The number of hydrogen-bond acceptors (Lipinski definition) is 5. The molecule has 0 bridgehead atoms. The summed E-state index contributed by atoms with van der Waals surface area (Å²) < 4.78 is 0. The maximum absolute atomic E-state index is 11.4. The minimum Gasteiger partial charge on any atom is -0.481 e. The molecule has 1 rings (SSSR count). The van der Waals surface area contributed by atoms with Crippen molar-refractivity contribution in [1.82, 2.24) is 0 Å². The Morgan fingerprint density at radius 3 is 2.55 bits per heavy atom. The molecule has 1 amide bonds. The van der Waals surface area contributed by atoms with Gasteiger partial charge < -0.3 is 15.7 Å². The van der Waals surface area contributed by atoms with E-state index in [1.807, 2.05) is 0 Å². The molecule has 0 radical (unpaired) electrons. The number of primary amides is 1. The minimum absolute atomic E-state index is 0.00596. The van der Waals surface area contributed by atoms with Crippen molar-refractivity contribution in [3.63, 3.8) is 0 Å². The summed E-state index contributed by atoms with van der Waals surface area (Å²) >= 11 is 0. The van der Waals surface area contributed by atoms with E-state index in [-0.39, 0.29) is 24.2 Å². The van der Waals surface area contributed by atoms with Gasteiger partial charge in [-0.1, -0.05) is 0 Å². The number of amides is 1. The third-order valence-corrected chi connectivity index (χ3v) is 2.77. The van der Waals surface area contributed by atoms with Gasteiger partial charge in [0.1, 0.15) is 0 Å². The van der Waals surface area contributed by atoms with E-state index in [4.69, 9.17) is 10.8 Å². The molecule has 1 aromatic rings. The molecule has 1 aromatic carbocycles. The molecule has 0 fully saturated rings. The van der Waals surface area contributed by atoms with Gasteiger partial charge in [0.15, 0.2) is 0 Å². The van der Waals surface area contributed by atoms with Crippen molar-refractivity contribution in [3.8, 4) is 0 Å². The fourth-order valence-corrected chi connectivity index (χ4v) is 1.79. The summed E-state index contributed by atoms with van der Waals surface area (Å²) in [5, 5.41) is 19.4. The van der Waals surface area contributed by atoms with Crippen LogP contribution in [-0.2, 0) is 4.79 Å². The van der Waals surface area contributed by atoms with Crippen LogP contribution in [0.25, 0.3) is 0 Å². The maximum atomic E-state index is 11.4. The first-order valence-corrected chi connectivity index (χ1v) is 5.91. The lowest BCUT2D eigenvalue weighted by molar-refractivity contribution is -0.384. The van der Waals surface area contributed by atoms with Crippen LogP contribution in [0.5, 0.6) is 0 Å². The number of benzene rings is 1. The number of aliphatic carboxylic acids is 1. The molecule has 0 spiro atoms. The lowest BCUT2D eigenvalue weighted by Crippen LogP contribution is -2.28. The van der Waals surface area contributed by atoms with Crippen molar-refractivity contribution >= 4 is 23.3 Å². The number of carbonyl (C=O) groups excluding carboxylic acids is 1. The van der Waals surface area contributed by atoms with E-state index < -0.39 is 16.8 Å². The van der Waals surface area contributed by atoms with Crippen LogP contribution in [0.15, 0.2) is 18.2 Å². The molecule has 8 heteroatoms.